The molecule has 0 fully saturated rings. The van der Waals surface area contributed by atoms with Gasteiger partial charge in [0.25, 0.3) is 0 Å². The van der Waals surface area contributed by atoms with Crippen molar-refractivity contribution in [2.45, 2.75) is 20.8 Å². The first-order chi connectivity index (χ1) is 8.19. The topological polar surface area (TPSA) is 43.2 Å². The van der Waals surface area contributed by atoms with Crippen LogP contribution in [0.3, 0.4) is 0 Å². The normalized spacial score (nSPS) is 12.5. The molecule has 0 saturated carbocycles. The second kappa shape index (κ2) is 6.68. The first kappa shape index (κ1) is 13.2. The van der Waals surface area contributed by atoms with E-state index in [-0.39, 0.29) is 0 Å². The van der Waals surface area contributed by atoms with Gasteiger partial charge in [0.05, 0.1) is 0 Å². The highest BCUT2D eigenvalue weighted by Crippen LogP contribution is 2.07. The molecule has 1 aromatic carbocycles. The third-order valence-electron chi connectivity index (χ3n) is 2.18. The largest absolute Gasteiger partial charge is 0.399 e. The molecule has 0 heterocycles. The molecule has 4 heteroatoms. The van der Waals surface area contributed by atoms with Crippen molar-refractivity contribution in [3.05, 3.63) is 35.4 Å². The van der Waals surface area contributed by atoms with Crippen LogP contribution in [0.4, 0.5) is 0 Å². The minimum atomic E-state index is 0.533. The van der Waals surface area contributed by atoms with Crippen molar-refractivity contribution < 1.29 is 9.68 Å². The van der Waals surface area contributed by atoms with Crippen LogP contribution in [0.15, 0.2) is 34.6 Å². The molecule has 4 nitrogen and oxygen atoms in total. The van der Waals surface area contributed by atoms with Crippen LogP contribution in [0.25, 0.3) is 0 Å². The molecule has 0 atom stereocenters. The Hall–Kier alpha value is -1.84. The molecule has 0 spiro atoms. The minimum absolute atomic E-state index is 0.533. The number of oxime groups is 2. The Morgan fingerprint density at radius 1 is 1.18 bits per heavy atom. The number of benzene rings is 1. The summed E-state index contributed by atoms with van der Waals surface area (Å²) < 4.78 is 0. The molecular formula is C13H18N2O2. The Bertz CT molecular complexity index is 408. The van der Waals surface area contributed by atoms with Crippen LogP contribution in [0, 0.1) is 6.92 Å². The summed E-state index contributed by atoms with van der Waals surface area (Å²) >= 11 is 0. The van der Waals surface area contributed by atoms with Gasteiger partial charge in [-0.05, 0) is 20.8 Å². The van der Waals surface area contributed by atoms with Gasteiger partial charge in [0.1, 0.15) is 25.1 Å². The average Bonchev–Trinajstić information content (AvgIpc) is 2.34. The summed E-state index contributed by atoms with van der Waals surface area (Å²) in [6, 6.07) is 8.01. The minimum Gasteiger partial charge on any atom is -0.399 e. The number of aryl methyl sites for hydroxylation is 1. The maximum atomic E-state index is 5.02. The average molecular weight is 234 g/mol. The fourth-order valence-corrected chi connectivity index (χ4v) is 1.33. The quantitative estimate of drug-likeness (QED) is 0.580. The van der Waals surface area contributed by atoms with Gasteiger partial charge in [-0.25, -0.2) is 0 Å². The van der Waals surface area contributed by atoms with E-state index >= 15 is 0 Å². The molecule has 0 aliphatic heterocycles. The summed E-state index contributed by atoms with van der Waals surface area (Å²) in [6.07, 6.45) is 0. The molecular weight excluding hydrogens is 216 g/mol. The smallest absolute Gasteiger partial charge is 0.134 e. The second-order valence-electron chi connectivity index (χ2n) is 3.58. The van der Waals surface area contributed by atoms with E-state index in [1.807, 2.05) is 45.0 Å². The van der Waals surface area contributed by atoms with Crippen molar-refractivity contribution in [2.75, 3.05) is 13.7 Å². The molecule has 1 rings (SSSR count). The first-order valence-electron chi connectivity index (χ1n) is 5.54. The van der Waals surface area contributed by atoms with Crippen LogP contribution in [0.2, 0.25) is 0 Å². The number of hydrogen-bond donors (Lipinski definition) is 0. The number of rotatable bonds is 5. The Morgan fingerprint density at radius 2 is 1.82 bits per heavy atom. The fraction of sp³-hybridized carbons (Fsp3) is 0.385. The van der Waals surface area contributed by atoms with E-state index < -0.39 is 0 Å². The lowest BCUT2D eigenvalue weighted by Gasteiger charge is -2.05. The van der Waals surface area contributed by atoms with E-state index in [2.05, 4.69) is 10.3 Å². The zero-order valence-corrected chi connectivity index (χ0v) is 10.7. The van der Waals surface area contributed by atoms with Gasteiger partial charge >= 0.3 is 0 Å². The summed E-state index contributed by atoms with van der Waals surface area (Å²) in [6.45, 7) is 6.30. The Morgan fingerprint density at radius 3 is 2.35 bits per heavy atom. The molecule has 17 heavy (non-hydrogen) atoms. The van der Waals surface area contributed by atoms with Crippen LogP contribution in [0.1, 0.15) is 25.0 Å². The standard InChI is InChI=1S/C13H18N2O2/c1-5-17-14-11(3)13(15-16-4)12-8-6-10(2)7-9-12/h6-9H,5H2,1-4H3/b14-11+,15-13-. The van der Waals surface area contributed by atoms with E-state index in [1.165, 1.54) is 12.7 Å². The van der Waals surface area contributed by atoms with E-state index in [1.54, 1.807) is 0 Å². The maximum Gasteiger partial charge on any atom is 0.134 e. The molecule has 0 radical (unpaired) electrons. The fourth-order valence-electron chi connectivity index (χ4n) is 1.33. The third kappa shape index (κ3) is 3.90. The maximum absolute atomic E-state index is 5.02. The van der Waals surface area contributed by atoms with Crippen LogP contribution < -0.4 is 0 Å². The third-order valence-corrected chi connectivity index (χ3v) is 2.18. The predicted octanol–water partition coefficient (Wildman–Crippen LogP) is 2.76. The SMILES string of the molecule is CCO/N=C(C)/C(=N/OC)c1ccc(C)cc1. The van der Waals surface area contributed by atoms with E-state index in [9.17, 15) is 0 Å². The van der Waals surface area contributed by atoms with Crippen molar-refractivity contribution >= 4 is 11.4 Å². The van der Waals surface area contributed by atoms with E-state index in [4.69, 9.17) is 9.68 Å². The molecule has 0 N–H and O–H groups in total. The van der Waals surface area contributed by atoms with Crippen molar-refractivity contribution in [3.63, 3.8) is 0 Å². The summed E-state index contributed by atoms with van der Waals surface area (Å²) in [5, 5.41) is 7.95. The molecule has 0 saturated heterocycles. The zero-order valence-electron chi connectivity index (χ0n) is 10.7. The lowest BCUT2D eigenvalue weighted by atomic mass is 10.1. The molecule has 0 unspecified atom stereocenters. The van der Waals surface area contributed by atoms with Crippen molar-refractivity contribution in [3.8, 4) is 0 Å². The molecule has 0 aromatic heterocycles. The van der Waals surface area contributed by atoms with Gasteiger partial charge in [0, 0.05) is 5.56 Å². The van der Waals surface area contributed by atoms with Gasteiger partial charge < -0.3 is 9.68 Å². The predicted molar refractivity (Wildman–Crippen MR) is 69.5 cm³/mol. The van der Waals surface area contributed by atoms with Gasteiger partial charge in [0.15, 0.2) is 0 Å². The zero-order chi connectivity index (χ0) is 12.7. The lowest BCUT2D eigenvalue weighted by Crippen LogP contribution is -2.13. The van der Waals surface area contributed by atoms with Crippen molar-refractivity contribution in [1.29, 1.82) is 0 Å². The lowest BCUT2D eigenvalue weighted by molar-refractivity contribution is 0.159. The highest BCUT2D eigenvalue weighted by atomic mass is 16.6. The molecule has 0 amide bonds. The highest BCUT2D eigenvalue weighted by molar-refractivity contribution is 6.47. The molecule has 0 bridgehead atoms. The monoisotopic (exact) mass is 234 g/mol. The highest BCUT2D eigenvalue weighted by Gasteiger charge is 2.09. The van der Waals surface area contributed by atoms with Crippen molar-refractivity contribution in [2.24, 2.45) is 10.3 Å². The summed E-state index contributed by atoms with van der Waals surface area (Å²) in [7, 11) is 1.52. The van der Waals surface area contributed by atoms with Crippen molar-refractivity contribution in [1.82, 2.24) is 0 Å². The van der Waals surface area contributed by atoms with Crippen LogP contribution in [0.5, 0.6) is 0 Å². The summed E-state index contributed by atoms with van der Waals surface area (Å²) in [5.74, 6) is 0. The van der Waals surface area contributed by atoms with Gasteiger partial charge in [-0.2, -0.15) is 0 Å². The number of hydrogen-bond acceptors (Lipinski definition) is 4. The Balaban J connectivity index is 3.01. The van der Waals surface area contributed by atoms with Gasteiger partial charge in [-0.3, -0.25) is 0 Å². The van der Waals surface area contributed by atoms with Gasteiger partial charge in [-0.1, -0.05) is 40.1 Å². The van der Waals surface area contributed by atoms with Crippen LogP contribution in [-0.4, -0.2) is 25.1 Å². The van der Waals surface area contributed by atoms with E-state index in [0.29, 0.717) is 18.0 Å². The number of nitrogens with zero attached hydrogens (tertiary/aromatic N) is 2. The van der Waals surface area contributed by atoms with Gasteiger partial charge in [0.2, 0.25) is 0 Å². The molecule has 1 aromatic rings. The summed E-state index contributed by atoms with van der Waals surface area (Å²) in [5.41, 5.74) is 3.53. The summed E-state index contributed by atoms with van der Waals surface area (Å²) in [4.78, 5) is 9.86. The molecule has 0 aliphatic carbocycles. The van der Waals surface area contributed by atoms with Crippen LogP contribution >= 0.6 is 0 Å². The molecule has 0 aliphatic rings. The first-order valence-corrected chi connectivity index (χ1v) is 5.54. The Kier molecular flexibility index (Phi) is 5.20. The van der Waals surface area contributed by atoms with Crippen LogP contribution in [-0.2, 0) is 9.68 Å². The molecule has 92 valence electrons. The second-order valence-corrected chi connectivity index (χ2v) is 3.58. The van der Waals surface area contributed by atoms with E-state index in [0.717, 1.165) is 5.56 Å². The van der Waals surface area contributed by atoms with Gasteiger partial charge in [-0.15, -0.1) is 0 Å². The Labute approximate surface area is 102 Å².